The molecule has 18 heavy (non-hydrogen) atoms. The Kier molecular flexibility index (Phi) is 3.14. The Labute approximate surface area is 112 Å². The van der Waals surface area contributed by atoms with Gasteiger partial charge in [0.2, 0.25) is 0 Å². The van der Waals surface area contributed by atoms with E-state index >= 15 is 0 Å². The van der Waals surface area contributed by atoms with Crippen LogP contribution in [0.2, 0.25) is 0 Å². The van der Waals surface area contributed by atoms with Gasteiger partial charge >= 0.3 is 6.03 Å². The van der Waals surface area contributed by atoms with E-state index in [1.54, 1.807) is 26.0 Å². The third-order valence-electron chi connectivity index (χ3n) is 3.02. The molecule has 0 atom stereocenters. The number of rotatable bonds is 2. The highest BCUT2D eigenvalue weighted by Gasteiger charge is 2.45. The highest BCUT2D eigenvalue weighted by Crippen LogP contribution is 2.25. The van der Waals surface area contributed by atoms with E-state index in [4.69, 9.17) is 0 Å². The molecule has 2 rings (SSSR count). The lowest BCUT2D eigenvalue weighted by Gasteiger charge is -2.27. The fraction of sp³-hybridized carbons (Fsp3) is 0.333. The second-order valence-electron chi connectivity index (χ2n) is 4.65. The van der Waals surface area contributed by atoms with Crippen LogP contribution < -0.4 is 5.32 Å². The van der Waals surface area contributed by atoms with Gasteiger partial charge in [-0.2, -0.15) is 0 Å². The summed E-state index contributed by atoms with van der Waals surface area (Å²) >= 11 is 3.09. The van der Waals surface area contributed by atoms with E-state index in [1.807, 2.05) is 0 Å². The minimum absolute atomic E-state index is 0.253. The van der Waals surface area contributed by atoms with Gasteiger partial charge < -0.3 is 4.90 Å². The number of nitrogens with zero attached hydrogens (tertiary/aromatic N) is 1. The topological polar surface area (TPSA) is 49.4 Å². The summed E-state index contributed by atoms with van der Waals surface area (Å²) in [6, 6.07) is 4.08. The van der Waals surface area contributed by atoms with Crippen molar-refractivity contribution in [2.75, 3.05) is 0 Å². The van der Waals surface area contributed by atoms with Crippen molar-refractivity contribution in [2.45, 2.75) is 25.9 Å². The van der Waals surface area contributed by atoms with Crippen LogP contribution in [-0.2, 0) is 11.3 Å². The average molecular weight is 315 g/mol. The van der Waals surface area contributed by atoms with E-state index in [2.05, 4.69) is 21.2 Å². The largest absolute Gasteiger partial charge is 0.325 e. The lowest BCUT2D eigenvalue weighted by atomic mass is 10.0. The summed E-state index contributed by atoms with van der Waals surface area (Å²) in [4.78, 5) is 24.7. The molecule has 1 aliphatic rings. The summed E-state index contributed by atoms with van der Waals surface area (Å²) in [6.07, 6.45) is 0. The molecule has 6 heteroatoms. The SMILES string of the molecule is CC1(C)C(=O)NC(=O)N1Cc1ccc(F)c(Br)c1. The van der Waals surface area contributed by atoms with Gasteiger partial charge in [-0.15, -0.1) is 0 Å². The quantitative estimate of drug-likeness (QED) is 0.852. The van der Waals surface area contributed by atoms with Crippen LogP contribution in [0.15, 0.2) is 22.7 Å². The number of amides is 3. The molecule has 1 aliphatic heterocycles. The van der Waals surface area contributed by atoms with Gasteiger partial charge in [0.05, 0.1) is 4.47 Å². The molecular weight excluding hydrogens is 303 g/mol. The molecule has 0 bridgehead atoms. The molecule has 0 radical (unpaired) electrons. The van der Waals surface area contributed by atoms with Crippen LogP contribution in [0.5, 0.6) is 0 Å². The van der Waals surface area contributed by atoms with Crippen molar-refractivity contribution in [1.29, 1.82) is 0 Å². The number of hydrogen-bond acceptors (Lipinski definition) is 2. The third kappa shape index (κ3) is 2.12. The molecule has 96 valence electrons. The Bertz CT molecular complexity index is 531. The van der Waals surface area contributed by atoms with Crippen molar-refractivity contribution < 1.29 is 14.0 Å². The van der Waals surface area contributed by atoms with E-state index in [0.717, 1.165) is 5.56 Å². The molecule has 4 nitrogen and oxygen atoms in total. The van der Waals surface area contributed by atoms with Crippen molar-refractivity contribution in [1.82, 2.24) is 10.2 Å². The molecule has 1 fully saturated rings. The molecule has 1 heterocycles. The maximum atomic E-state index is 13.1. The molecule has 0 spiro atoms. The summed E-state index contributed by atoms with van der Waals surface area (Å²) in [7, 11) is 0. The van der Waals surface area contributed by atoms with Gasteiger partial charge in [0.25, 0.3) is 5.91 Å². The minimum Gasteiger partial charge on any atom is -0.306 e. The zero-order valence-corrected chi connectivity index (χ0v) is 11.5. The number of halogens is 2. The Morgan fingerprint density at radius 1 is 1.39 bits per heavy atom. The Morgan fingerprint density at radius 3 is 2.56 bits per heavy atom. The fourth-order valence-corrected chi connectivity index (χ4v) is 2.21. The molecule has 1 N–H and O–H groups in total. The fourth-order valence-electron chi connectivity index (χ4n) is 1.78. The number of imide groups is 1. The van der Waals surface area contributed by atoms with Crippen molar-refractivity contribution in [3.05, 3.63) is 34.1 Å². The van der Waals surface area contributed by atoms with E-state index in [9.17, 15) is 14.0 Å². The second-order valence-corrected chi connectivity index (χ2v) is 5.51. The number of nitrogens with one attached hydrogen (secondary N) is 1. The van der Waals surface area contributed by atoms with Crippen molar-refractivity contribution in [2.24, 2.45) is 0 Å². The Morgan fingerprint density at radius 2 is 2.06 bits per heavy atom. The van der Waals surface area contributed by atoms with Crippen LogP contribution in [-0.4, -0.2) is 22.4 Å². The van der Waals surface area contributed by atoms with Gasteiger partial charge in [0, 0.05) is 6.54 Å². The van der Waals surface area contributed by atoms with Crippen LogP contribution in [0.4, 0.5) is 9.18 Å². The summed E-state index contributed by atoms with van der Waals surface area (Å²) in [6.45, 7) is 3.60. The summed E-state index contributed by atoms with van der Waals surface area (Å²) < 4.78 is 13.4. The van der Waals surface area contributed by atoms with E-state index in [1.165, 1.54) is 11.0 Å². The van der Waals surface area contributed by atoms with Gasteiger partial charge in [0.1, 0.15) is 11.4 Å². The van der Waals surface area contributed by atoms with Crippen LogP contribution >= 0.6 is 15.9 Å². The normalized spacial score (nSPS) is 18.1. The highest BCUT2D eigenvalue weighted by molar-refractivity contribution is 9.10. The first-order chi connectivity index (χ1) is 8.32. The van der Waals surface area contributed by atoms with Crippen molar-refractivity contribution in [3.63, 3.8) is 0 Å². The smallest absolute Gasteiger partial charge is 0.306 e. The lowest BCUT2D eigenvalue weighted by molar-refractivity contribution is -0.125. The first-order valence-corrected chi connectivity index (χ1v) is 6.18. The van der Waals surface area contributed by atoms with Gasteiger partial charge in [-0.3, -0.25) is 10.1 Å². The summed E-state index contributed by atoms with van der Waals surface area (Å²) in [5.41, 5.74) is -0.140. The maximum Gasteiger partial charge on any atom is 0.325 e. The standard InChI is InChI=1S/C12H12BrFN2O2/c1-12(2)10(17)15-11(18)16(12)6-7-3-4-9(14)8(13)5-7/h3-5H,6H2,1-2H3,(H,15,17,18). The maximum absolute atomic E-state index is 13.1. The number of carbonyl (C=O) groups is 2. The summed E-state index contributed by atoms with van der Waals surface area (Å²) in [5, 5.41) is 2.27. The average Bonchev–Trinajstić information content (AvgIpc) is 2.47. The van der Waals surface area contributed by atoms with Crippen molar-refractivity contribution >= 4 is 27.9 Å². The zero-order valence-electron chi connectivity index (χ0n) is 9.96. The van der Waals surface area contributed by atoms with Gasteiger partial charge in [-0.1, -0.05) is 6.07 Å². The molecule has 0 unspecified atom stereocenters. The predicted molar refractivity (Wildman–Crippen MR) is 67.3 cm³/mol. The third-order valence-corrected chi connectivity index (χ3v) is 3.63. The van der Waals surface area contributed by atoms with Gasteiger partial charge in [-0.25, -0.2) is 9.18 Å². The number of urea groups is 1. The van der Waals surface area contributed by atoms with Crippen LogP contribution in [0.1, 0.15) is 19.4 Å². The van der Waals surface area contributed by atoms with Gasteiger partial charge in [0.15, 0.2) is 0 Å². The summed E-state index contributed by atoms with van der Waals surface area (Å²) in [5.74, 6) is -0.686. The molecule has 0 aromatic heterocycles. The highest BCUT2D eigenvalue weighted by atomic mass is 79.9. The number of carbonyl (C=O) groups excluding carboxylic acids is 2. The monoisotopic (exact) mass is 314 g/mol. The second kappa shape index (κ2) is 4.35. The molecule has 0 saturated carbocycles. The van der Waals surface area contributed by atoms with E-state index in [-0.39, 0.29) is 18.3 Å². The predicted octanol–water partition coefficient (Wildman–Crippen LogP) is 2.42. The number of hydrogen-bond donors (Lipinski definition) is 1. The van der Waals surface area contributed by atoms with Crippen LogP contribution in [0, 0.1) is 5.82 Å². The van der Waals surface area contributed by atoms with Crippen LogP contribution in [0.3, 0.4) is 0 Å². The Balaban J connectivity index is 2.26. The minimum atomic E-state index is -0.891. The molecule has 0 aliphatic carbocycles. The molecular formula is C12H12BrFN2O2. The molecule has 1 aromatic rings. The molecule has 1 aromatic carbocycles. The van der Waals surface area contributed by atoms with Crippen LogP contribution in [0.25, 0.3) is 0 Å². The number of benzene rings is 1. The first-order valence-electron chi connectivity index (χ1n) is 5.39. The van der Waals surface area contributed by atoms with E-state index < -0.39 is 11.6 Å². The first kappa shape index (κ1) is 13.0. The molecule has 3 amide bonds. The lowest BCUT2D eigenvalue weighted by Crippen LogP contribution is -2.43. The van der Waals surface area contributed by atoms with Crippen molar-refractivity contribution in [3.8, 4) is 0 Å². The van der Waals surface area contributed by atoms with Gasteiger partial charge in [-0.05, 0) is 47.5 Å². The zero-order chi connectivity index (χ0) is 13.5. The molecule has 1 saturated heterocycles. The van der Waals surface area contributed by atoms with E-state index in [0.29, 0.717) is 4.47 Å². The Hall–Kier alpha value is -1.43.